The number of nitrogens with one attached hydrogen (secondary N) is 3. The molecule has 468 valence electrons. The number of phenols is 2. The van der Waals surface area contributed by atoms with E-state index in [1.54, 1.807) is 56.1 Å². The minimum Gasteiger partial charge on any atom is -0.508 e. The Morgan fingerprint density at radius 3 is 0.894 bits per heavy atom. The molecule has 0 bridgehead atoms. The molecule has 0 saturated carbocycles. The monoisotopic (exact) mass is 1230 g/mol. The molecular weight excluding hydrogens is 1130 g/mol. The van der Waals surface area contributed by atoms with Crippen LogP contribution in [0, 0.1) is 0 Å². The van der Waals surface area contributed by atoms with Crippen LogP contribution in [0.2, 0.25) is 0 Å². The highest BCUT2D eigenvalue weighted by atomic mass is 32.2. The van der Waals surface area contributed by atoms with Crippen LogP contribution in [0.25, 0.3) is 0 Å². The largest absolute Gasteiger partial charge is 0.508 e. The van der Waals surface area contributed by atoms with Crippen LogP contribution in [0.1, 0.15) is 145 Å². The third-order valence-corrected chi connectivity index (χ3v) is 18.3. The molecule has 0 radical (unpaired) electrons. The summed E-state index contributed by atoms with van der Waals surface area (Å²) in [4.78, 5) is 59.2. The summed E-state index contributed by atoms with van der Waals surface area (Å²) >= 11 is 4.99. The van der Waals surface area contributed by atoms with E-state index >= 15 is 0 Å². The van der Waals surface area contributed by atoms with E-state index in [1.807, 2.05) is 41.5 Å². The second-order valence-corrected chi connectivity index (χ2v) is 27.6. The highest BCUT2D eigenvalue weighted by molar-refractivity contribution is 8.02. The van der Waals surface area contributed by atoms with E-state index in [0.29, 0.717) is 29.6 Å². The van der Waals surface area contributed by atoms with Crippen LogP contribution >= 0.6 is 35.3 Å². The number of carbonyl (C=O) groups excluding carboxylic acids is 3. The summed E-state index contributed by atoms with van der Waals surface area (Å²) in [5.41, 5.74) is 8.68. The number of ketones is 3. The van der Waals surface area contributed by atoms with Gasteiger partial charge in [0.1, 0.15) is 40.3 Å². The van der Waals surface area contributed by atoms with Crippen molar-refractivity contribution < 1.29 is 53.9 Å². The number of aliphatic carboxylic acids is 2. The molecule has 0 amide bonds. The molecule has 0 fully saturated rings. The number of fused-ring (bicyclic) bond motifs is 3. The van der Waals surface area contributed by atoms with E-state index in [1.165, 1.54) is 110 Å². The number of rotatable bonds is 21. The number of benzene rings is 5. The summed E-state index contributed by atoms with van der Waals surface area (Å²) in [6.45, 7) is 29.4. The van der Waals surface area contributed by atoms with E-state index in [0.717, 1.165) is 58.2 Å². The normalized spacial score (nSPS) is 16.0. The predicted molar refractivity (Wildman–Crippen MR) is 351 cm³/mol. The molecule has 0 aliphatic heterocycles. The summed E-state index contributed by atoms with van der Waals surface area (Å²) in [7, 11) is 0. The molecule has 0 saturated heterocycles. The molecule has 0 spiro atoms. The number of carbonyl (C=O) groups is 5. The van der Waals surface area contributed by atoms with Gasteiger partial charge in [0.15, 0.2) is 12.2 Å². The Bertz CT molecular complexity index is 2670. The number of phenolic OH excluding ortho intramolecular Hbond substituents is 2. The Labute approximate surface area is 520 Å². The van der Waals surface area contributed by atoms with Gasteiger partial charge >= 0.3 is 11.9 Å². The number of aromatic hydroxyl groups is 2. The van der Waals surface area contributed by atoms with Crippen molar-refractivity contribution in [1.82, 2.24) is 16.0 Å². The van der Waals surface area contributed by atoms with Crippen LogP contribution in [0.4, 0.5) is 0 Å². The first-order chi connectivity index (χ1) is 38.9. The molecule has 5 aromatic carbocycles. The van der Waals surface area contributed by atoms with Gasteiger partial charge in [-0.1, -0.05) is 53.8 Å². The Kier molecular flexibility index (Phi) is 31.1. The lowest BCUT2D eigenvalue weighted by Crippen LogP contribution is -2.28. The van der Waals surface area contributed by atoms with Crippen LogP contribution in [0.3, 0.4) is 0 Å². The number of thioether (sulfide) groups is 3. The molecular formula is C68H97N3O11S3. The third-order valence-electron chi connectivity index (χ3n) is 14.5. The first-order valence-corrected chi connectivity index (χ1v) is 30.9. The summed E-state index contributed by atoms with van der Waals surface area (Å²) in [5.74, 6) is -0.275. The van der Waals surface area contributed by atoms with Gasteiger partial charge in [-0.15, -0.1) is 35.3 Å². The van der Waals surface area contributed by atoms with Gasteiger partial charge < -0.3 is 45.9 Å². The molecule has 0 heterocycles. The van der Waals surface area contributed by atoms with Crippen molar-refractivity contribution in [1.29, 1.82) is 0 Å². The smallest absolute Gasteiger partial charge is 0.344 e. The second-order valence-electron chi connectivity index (χ2n) is 22.5. The number of carboxylic acid groups (broad SMARTS) is 2. The van der Waals surface area contributed by atoms with E-state index in [9.17, 15) is 24.0 Å². The zero-order valence-corrected chi connectivity index (χ0v) is 53.4. The molecule has 1 unspecified atom stereocenters. The third kappa shape index (κ3) is 24.8. The van der Waals surface area contributed by atoms with Crippen molar-refractivity contribution in [2.24, 2.45) is 0 Å². The Hall–Kier alpha value is -5.82. The maximum atomic E-state index is 11.6. The van der Waals surface area contributed by atoms with Crippen LogP contribution < -0.4 is 25.4 Å². The summed E-state index contributed by atoms with van der Waals surface area (Å²) in [5, 5.41) is 45.5. The van der Waals surface area contributed by atoms with Crippen LogP contribution in [0.5, 0.6) is 23.0 Å². The van der Waals surface area contributed by atoms with Crippen LogP contribution in [-0.4, -0.2) is 114 Å². The van der Waals surface area contributed by atoms with E-state index < -0.39 is 24.1 Å². The predicted octanol–water partition coefficient (Wildman–Crippen LogP) is 13.4. The first-order valence-electron chi connectivity index (χ1n) is 28.5. The van der Waals surface area contributed by atoms with Gasteiger partial charge in [-0.05, 0) is 253 Å². The Morgan fingerprint density at radius 2 is 0.682 bits per heavy atom. The minimum atomic E-state index is -1.02. The van der Waals surface area contributed by atoms with Crippen molar-refractivity contribution in [3.05, 3.63) is 137 Å². The fourth-order valence-corrected chi connectivity index (χ4v) is 12.1. The average molecular weight is 1230 g/mol. The van der Waals surface area contributed by atoms with Crippen molar-refractivity contribution in [3.8, 4) is 23.0 Å². The molecule has 85 heavy (non-hydrogen) atoms. The minimum absolute atomic E-state index is 0. The number of hydrogen-bond donors (Lipinski definition) is 7. The fourth-order valence-electron chi connectivity index (χ4n) is 8.93. The van der Waals surface area contributed by atoms with Gasteiger partial charge in [0, 0.05) is 32.8 Å². The van der Waals surface area contributed by atoms with Crippen LogP contribution in [0.15, 0.2) is 118 Å². The standard InChI is InChI=1S/3C16H23NOS.2C9H10O4.2CH4/c3*1-5-17-14-8-12-6-7-15(10-13(12)9-14)19-16(3,4)11(2)18;2*1-6(9(11)12)13-8-4-2-7(10)3-5-8;;/h3*6-7,10,14,17H,5,8-9H2,1-4H3;2*2-6,10H,1H3,(H,11,12);2*1H4/t2*14-;;2*6-;;/m11.11../s1. The zero-order chi connectivity index (χ0) is 61.8. The summed E-state index contributed by atoms with van der Waals surface area (Å²) in [6.07, 6.45) is 4.95. The SMILES string of the molecule is C.C.CCNC1Cc2ccc(SC(C)(C)C(C)=O)cc2C1.CCN[C@@H]1Cc2ccc(SC(C)(C)C(C)=O)cc2C1.CCN[C@@H]1Cc2ccc(SC(C)(C)C(C)=O)cc2C1.C[C@@H](Oc1ccc(O)cc1)C(=O)O.C[C@@H](Oc1ccc(O)cc1)C(=O)O. The average Bonchev–Trinajstić information content (AvgIpc) is 2.93. The van der Waals surface area contributed by atoms with Gasteiger partial charge in [-0.3, -0.25) is 14.4 Å². The first kappa shape index (κ1) is 75.3. The quantitative estimate of drug-likeness (QED) is 0.0340. The molecule has 14 nitrogen and oxygen atoms in total. The van der Waals surface area contributed by atoms with Crippen molar-refractivity contribution in [2.75, 3.05) is 19.6 Å². The highest BCUT2D eigenvalue weighted by Gasteiger charge is 2.30. The lowest BCUT2D eigenvalue weighted by molar-refractivity contribution is -0.145. The van der Waals surface area contributed by atoms with Crippen molar-refractivity contribution in [3.63, 3.8) is 0 Å². The van der Waals surface area contributed by atoms with E-state index in [4.69, 9.17) is 29.9 Å². The highest BCUT2D eigenvalue weighted by Crippen LogP contribution is 2.38. The Morgan fingerprint density at radius 1 is 0.447 bits per heavy atom. The molecule has 0 aromatic heterocycles. The van der Waals surface area contributed by atoms with Gasteiger partial charge in [-0.2, -0.15) is 0 Å². The molecule has 17 heteroatoms. The fraction of sp³-hybridized carbons (Fsp3) is 0.485. The zero-order valence-electron chi connectivity index (χ0n) is 50.9. The lowest BCUT2D eigenvalue weighted by Gasteiger charge is -2.20. The number of carboxylic acids is 2. The molecule has 3 aliphatic rings. The van der Waals surface area contributed by atoms with Gasteiger partial charge in [0.25, 0.3) is 0 Å². The number of Topliss-reactive ketones (excluding diaryl/α,β-unsaturated/α-hetero) is 3. The maximum absolute atomic E-state index is 11.6. The second kappa shape index (κ2) is 35.1. The molecule has 5 aromatic rings. The molecule has 8 rings (SSSR count). The Balaban J connectivity index is 0.000000364. The number of likely N-dealkylation sites (N-methyl/N-ethyl adjacent to an activating group) is 3. The molecule has 7 N–H and O–H groups in total. The topological polar surface area (TPSA) is 221 Å². The van der Waals surface area contributed by atoms with Gasteiger partial charge in [-0.25, -0.2) is 9.59 Å². The number of hydrogen-bond acceptors (Lipinski definition) is 15. The summed E-state index contributed by atoms with van der Waals surface area (Å²) < 4.78 is 9.02. The van der Waals surface area contributed by atoms with Gasteiger partial charge in [0.05, 0.1) is 14.2 Å². The van der Waals surface area contributed by atoms with Gasteiger partial charge in [0.2, 0.25) is 0 Å². The van der Waals surface area contributed by atoms with Crippen molar-refractivity contribution >= 4 is 64.6 Å². The molecule has 3 aliphatic carbocycles. The van der Waals surface area contributed by atoms with E-state index in [-0.39, 0.29) is 57.9 Å². The summed E-state index contributed by atoms with van der Waals surface area (Å²) in [6, 6.07) is 33.5. The molecule has 5 atom stereocenters. The van der Waals surface area contributed by atoms with Crippen LogP contribution in [-0.2, 0) is 62.5 Å². The lowest BCUT2D eigenvalue weighted by atomic mass is 10.1. The van der Waals surface area contributed by atoms with E-state index in [2.05, 4.69) is 91.3 Å². The van der Waals surface area contributed by atoms with Crippen molar-refractivity contribution in [2.45, 2.75) is 210 Å². The maximum Gasteiger partial charge on any atom is 0.344 e. The number of ether oxygens (including phenoxy) is 2.